The van der Waals surface area contributed by atoms with Crippen molar-refractivity contribution in [2.45, 2.75) is 6.42 Å². The third-order valence-corrected chi connectivity index (χ3v) is 1.85. The smallest absolute Gasteiger partial charge is 0.356 e. The van der Waals surface area contributed by atoms with E-state index < -0.39 is 5.97 Å². The number of aromatic nitrogens is 2. The van der Waals surface area contributed by atoms with Crippen molar-refractivity contribution in [3.63, 3.8) is 0 Å². The summed E-state index contributed by atoms with van der Waals surface area (Å²) in [6.45, 7) is 0.664. The van der Waals surface area contributed by atoms with Crippen LogP contribution in [-0.4, -0.2) is 34.9 Å². The van der Waals surface area contributed by atoms with Gasteiger partial charge >= 0.3 is 5.97 Å². The number of carbonyl (C=O) groups is 1. The molecular formula is C10H11N3O2. The van der Waals surface area contributed by atoms with Crippen LogP contribution in [0.15, 0.2) is 12.1 Å². The summed E-state index contributed by atoms with van der Waals surface area (Å²) in [5.74, 6) is 2.04. The van der Waals surface area contributed by atoms with Crippen LogP contribution in [-0.2, 0) is 0 Å². The molecule has 1 rings (SSSR count). The lowest BCUT2D eigenvalue weighted by Crippen LogP contribution is -2.20. The fourth-order valence-corrected chi connectivity index (χ4v) is 0.990. The minimum atomic E-state index is -1.08. The SMILES string of the molecule is C#CCCN(C)c1ccc(C(=O)O)nn1. The van der Waals surface area contributed by atoms with Crippen LogP contribution in [0.2, 0.25) is 0 Å². The summed E-state index contributed by atoms with van der Waals surface area (Å²) in [7, 11) is 1.82. The first-order valence-electron chi connectivity index (χ1n) is 4.36. The van der Waals surface area contributed by atoms with Crippen molar-refractivity contribution in [1.29, 1.82) is 0 Å². The number of hydrogen-bond acceptors (Lipinski definition) is 4. The summed E-state index contributed by atoms with van der Waals surface area (Å²) in [5.41, 5.74) is -0.0656. The highest BCUT2D eigenvalue weighted by Gasteiger charge is 2.06. The van der Waals surface area contributed by atoms with Gasteiger partial charge in [-0.3, -0.25) is 0 Å². The molecular weight excluding hydrogens is 194 g/mol. The first-order valence-corrected chi connectivity index (χ1v) is 4.36. The summed E-state index contributed by atoms with van der Waals surface area (Å²) < 4.78 is 0. The van der Waals surface area contributed by atoms with Crippen LogP contribution >= 0.6 is 0 Å². The van der Waals surface area contributed by atoms with Gasteiger partial charge in [0.25, 0.3) is 0 Å². The summed E-state index contributed by atoms with van der Waals surface area (Å²) in [6.07, 6.45) is 5.74. The number of hydrogen-bond donors (Lipinski definition) is 1. The fourth-order valence-electron chi connectivity index (χ4n) is 0.990. The molecule has 0 aliphatic carbocycles. The molecule has 5 heteroatoms. The van der Waals surface area contributed by atoms with Crippen molar-refractivity contribution in [3.05, 3.63) is 17.8 Å². The van der Waals surface area contributed by atoms with Gasteiger partial charge in [-0.25, -0.2) is 4.79 Å². The van der Waals surface area contributed by atoms with Gasteiger partial charge < -0.3 is 10.0 Å². The van der Waals surface area contributed by atoms with Crippen molar-refractivity contribution in [1.82, 2.24) is 10.2 Å². The second kappa shape index (κ2) is 4.96. The second-order valence-corrected chi connectivity index (χ2v) is 2.96. The highest BCUT2D eigenvalue weighted by atomic mass is 16.4. The summed E-state index contributed by atoms with van der Waals surface area (Å²) in [4.78, 5) is 12.3. The Balaban J connectivity index is 2.71. The quantitative estimate of drug-likeness (QED) is 0.730. The Morgan fingerprint density at radius 1 is 1.60 bits per heavy atom. The first-order chi connectivity index (χ1) is 7.15. The Morgan fingerprint density at radius 3 is 2.80 bits per heavy atom. The van der Waals surface area contributed by atoms with Crippen LogP contribution < -0.4 is 4.90 Å². The van der Waals surface area contributed by atoms with Gasteiger partial charge in [-0.1, -0.05) is 0 Å². The van der Waals surface area contributed by atoms with E-state index in [4.69, 9.17) is 11.5 Å². The first kappa shape index (κ1) is 11.0. The minimum absolute atomic E-state index is 0.0656. The van der Waals surface area contributed by atoms with Crippen molar-refractivity contribution in [2.75, 3.05) is 18.5 Å². The molecule has 0 amide bonds. The summed E-state index contributed by atoms with van der Waals surface area (Å²) >= 11 is 0. The lowest BCUT2D eigenvalue weighted by molar-refractivity contribution is 0.0689. The molecule has 0 fully saturated rings. The average molecular weight is 205 g/mol. The topological polar surface area (TPSA) is 66.3 Å². The molecule has 0 saturated heterocycles. The van der Waals surface area contributed by atoms with Crippen LogP contribution in [0.3, 0.4) is 0 Å². The van der Waals surface area contributed by atoms with Crippen molar-refractivity contribution < 1.29 is 9.90 Å². The molecule has 78 valence electrons. The van der Waals surface area contributed by atoms with Gasteiger partial charge in [-0.05, 0) is 12.1 Å². The van der Waals surface area contributed by atoms with Gasteiger partial charge in [0.05, 0.1) is 0 Å². The zero-order chi connectivity index (χ0) is 11.3. The molecule has 15 heavy (non-hydrogen) atoms. The molecule has 5 nitrogen and oxygen atoms in total. The van der Waals surface area contributed by atoms with E-state index in [0.29, 0.717) is 18.8 Å². The molecule has 0 radical (unpaired) electrons. The molecule has 1 aromatic heterocycles. The van der Waals surface area contributed by atoms with Gasteiger partial charge in [-0.2, -0.15) is 0 Å². The van der Waals surface area contributed by atoms with Crippen LogP contribution in [0.4, 0.5) is 5.82 Å². The molecule has 0 aromatic carbocycles. The molecule has 1 heterocycles. The number of terminal acetylenes is 1. The fraction of sp³-hybridized carbons (Fsp3) is 0.300. The third kappa shape index (κ3) is 2.95. The molecule has 1 aromatic rings. The largest absolute Gasteiger partial charge is 0.476 e. The molecule has 0 aliphatic rings. The lowest BCUT2D eigenvalue weighted by atomic mass is 10.3. The zero-order valence-corrected chi connectivity index (χ0v) is 8.34. The number of anilines is 1. The molecule has 1 N–H and O–H groups in total. The maximum atomic E-state index is 10.5. The zero-order valence-electron chi connectivity index (χ0n) is 8.34. The molecule has 0 aliphatic heterocycles. The lowest BCUT2D eigenvalue weighted by Gasteiger charge is -2.15. The normalized spacial score (nSPS) is 9.33. The summed E-state index contributed by atoms with van der Waals surface area (Å²) in [5, 5.41) is 16.0. The van der Waals surface area contributed by atoms with Crippen LogP contribution in [0.1, 0.15) is 16.9 Å². The molecule has 0 atom stereocenters. The van der Waals surface area contributed by atoms with Crippen LogP contribution in [0.5, 0.6) is 0 Å². The minimum Gasteiger partial charge on any atom is -0.476 e. The second-order valence-electron chi connectivity index (χ2n) is 2.96. The molecule has 0 spiro atoms. The van der Waals surface area contributed by atoms with Gasteiger partial charge in [0.2, 0.25) is 0 Å². The van der Waals surface area contributed by atoms with E-state index in [1.165, 1.54) is 6.07 Å². The maximum absolute atomic E-state index is 10.5. The number of carboxylic acids is 1. The van der Waals surface area contributed by atoms with Crippen molar-refractivity contribution >= 4 is 11.8 Å². The Hall–Kier alpha value is -2.09. The van der Waals surface area contributed by atoms with Crippen LogP contribution in [0.25, 0.3) is 0 Å². The highest BCUT2D eigenvalue weighted by Crippen LogP contribution is 2.07. The summed E-state index contributed by atoms with van der Waals surface area (Å²) in [6, 6.07) is 3.02. The van der Waals surface area contributed by atoms with E-state index in [1.807, 2.05) is 11.9 Å². The van der Waals surface area contributed by atoms with Gasteiger partial charge in [0.1, 0.15) is 0 Å². The van der Waals surface area contributed by atoms with E-state index >= 15 is 0 Å². The van der Waals surface area contributed by atoms with E-state index in [9.17, 15) is 4.79 Å². The number of rotatable bonds is 4. The Morgan fingerprint density at radius 2 is 2.33 bits per heavy atom. The van der Waals surface area contributed by atoms with E-state index in [-0.39, 0.29) is 5.69 Å². The average Bonchev–Trinajstić information content (AvgIpc) is 2.26. The highest BCUT2D eigenvalue weighted by molar-refractivity contribution is 5.85. The van der Waals surface area contributed by atoms with Gasteiger partial charge in [0, 0.05) is 20.0 Å². The van der Waals surface area contributed by atoms with Crippen LogP contribution in [0, 0.1) is 12.3 Å². The van der Waals surface area contributed by atoms with Gasteiger partial charge in [-0.15, -0.1) is 22.5 Å². The molecule has 0 unspecified atom stereocenters. The number of nitrogens with zero attached hydrogens (tertiary/aromatic N) is 3. The molecule has 0 bridgehead atoms. The van der Waals surface area contributed by atoms with Crippen molar-refractivity contribution in [3.8, 4) is 12.3 Å². The molecule has 0 saturated carbocycles. The van der Waals surface area contributed by atoms with E-state index in [0.717, 1.165) is 0 Å². The van der Waals surface area contributed by atoms with Crippen molar-refractivity contribution in [2.24, 2.45) is 0 Å². The number of aromatic carboxylic acids is 1. The number of carboxylic acid groups (broad SMARTS) is 1. The monoisotopic (exact) mass is 205 g/mol. The predicted molar refractivity (Wildman–Crippen MR) is 55.7 cm³/mol. The predicted octanol–water partition coefficient (Wildman–Crippen LogP) is 0.634. The standard InChI is InChI=1S/C10H11N3O2/c1-3-4-7-13(2)9-6-5-8(10(14)15)11-12-9/h1,5-6H,4,7H2,2H3,(H,14,15). The van der Waals surface area contributed by atoms with Gasteiger partial charge in [0.15, 0.2) is 11.5 Å². The Labute approximate surface area is 87.7 Å². The third-order valence-electron chi connectivity index (χ3n) is 1.85. The Bertz CT molecular complexity index is 381. The Kier molecular flexibility index (Phi) is 3.63. The van der Waals surface area contributed by atoms with E-state index in [1.54, 1.807) is 6.07 Å². The maximum Gasteiger partial charge on any atom is 0.356 e. The van der Waals surface area contributed by atoms with E-state index in [2.05, 4.69) is 16.1 Å².